The second-order valence-corrected chi connectivity index (χ2v) is 7.07. The predicted octanol–water partition coefficient (Wildman–Crippen LogP) is -2.85. The average molecular weight is 455 g/mol. The molecule has 0 bridgehead atoms. The van der Waals surface area contributed by atoms with Crippen molar-refractivity contribution in [1.82, 2.24) is 0 Å². The Balaban J connectivity index is 0. The van der Waals surface area contributed by atoms with Gasteiger partial charge in [-0.25, -0.2) is 0 Å². The summed E-state index contributed by atoms with van der Waals surface area (Å²) in [7, 11) is -5.02. The summed E-state index contributed by atoms with van der Waals surface area (Å²) in [6, 6.07) is 0. The van der Waals surface area contributed by atoms with Crippen molar-refractivity contribution in [2.45, 2.75) is 0 Å². The molecule has 0 atom stereocenters. The SMILES string of the molecule is O=P(O)(O)O[As](=O)(O)O.[O]=[W](=[O])[OH]. The third-order valence-electron chi connectivity index (χ3n) is 0.213. The first-order valence-corrected chi connectivity index (χ1v) is 10.5. The first kappa shape index (κ1) is 16.1. The fourth-order valence-electron chi connectivity index (χ4n) is 0.139. The molecule has 0 saturated carbocycles. The van der Waals surface area contributed by atoms with Gasteiger partial charge in [0, 0.05) is 0 Å². The van der Waals surface area contributed by atoms with Crippen LogP contribution in [0.15, 0.2) is 0 Å². The Hall–Kier alpha value is 0.637. The maximum absolute atomic E-state index is 9.69. The molecule has 0 aromatic rings. The molecule has 0 aliphatic rings. The molecule has 0 aliphatic carbocycles. The minimum atomic E-state index is -5.61. The fraction of sp³-hybridized carbons (Fsp3) is 0. The molecule has 81 valence electrons. The molecule has 5 N–H and O–H groups in total. The van der Waals surface area contributed by atoms with Gasteiger partial charge in [0.1, 0.15) is 0 Å². The molecule has 10 nitrogen and oxygen atoms in total. The molecule has 0 heterocycles. The molecule has 0 unspecified atom stereocenters. The third kappa shape index (κ3) is 32.5. The normalized spacial score (nSPS) is 11.5. The standard InChI is InChI=1S/AsH4O7P.H2O.2O.W/c2-1(3,4)8-9(5,6)7;;;;/h(H2,2,3,4)(H2,5,6,7);1H2;;;/q;;;;+1/p-1. The molecule has 0 aliphatic heterocycles. The van der Waals surface area contributed by atoms with Gasteiger partial charge in [-0.05, 0) is 0 Å². The topological polar surface area (TPSA) is 179 Å². The van der Waals surface area contributed by atoms with Crippen LogP contribution in [0, 0.1) is 0 Å². The molecule has 13 heavy (non-hydrogen) atoms. The summed E-state index contributed by atoms with van der Waals surface area (Å²) in [5.41, 5.74) is 0. The van der Waals surface area contributed by atoms with E-state index in [4.69, 9.17) is 28.5 Å². The van der Waals surface area contributed by atoms with Gasteiger partial charge in [0.05, 0.1) is 0 Å². The van der Waals surface area contributed by atoms with Crippen molar-refractivity contribution in [3.05, 3.63) is 0 Å². The second kappa shape index (κ2) is 6.18. The average Bonchev–Trinajstić information content (AvgIpc) is 1.47. The quantitative estimate of drug-likeness (QED) is 0.215. The van der Waals surface area contributed by atoms with Crippen LogP contribution in [0.5, 0.6) is 0 Å². The van der Waals surface area contributed by atoms with Gasteiger partial charge in [-0.15, -0.1) is 0 Å². The van der Waals surface area contributed by atoms with Crippen molar-refractivity contribution < 1.29 is 58.0 Å². The van der Waals surface area contributed by atoms with Gasteiger partial charge in [-0.2, -0.15) is 0 Å². The summed E-state index contributed by atoms with van der Waals surface area (Å²) in [6.07, 6.45) is 0. The van der Waals surface area contributed by atoms with Gasteiger partial charge in [0.25, 0.3) is 0 Å². The molecular formula is H5AsO10PW. The van der Waals surface area contributed by atoms with E-state index >= 15 is 0 Å². The first-order valence-electron chi connectivity index (χ1n) is 2.05. The third-order valence-corrected chi connectivity index (χ3v) is 3.32. The molecular weight excluding hydrogens is 450 g/mol. The van der Waals surface area contributed by atoms with Crippen LogP contribution in [0.3, 0.4) is 0 Å². The molecule has 0 spiro atoms. The van der Waals surface area contributed by atoms with Gasteiger partial charge in [0.2, 0.25) is 0 Å². The van der Waals surface area contributed by atoms with Crippen LogP contribution in [0.4, 0.5) is 0 Å². The number of phosphoric acid groups is 1. The van der Waals surface area contributed by atoms with E-state index in [1.165, 1.54) is 0 Å². The van der Waals surface area contributed by atoms with E-state index in [1.54, 1.807) is 0 Å². The van der Waals surface area contributed by atoms with Crippen LogP contribution in [0.25, 0.3) is 0 Å². The molecule has 13 heteroatoms. The summed E-state index contributed by atoms with van der Waals surface area (Å²) in [5, 5.41) is 0. The Morgan fingerprint density at radius 1 is 1.23 bits per heavy atom. The van der Waals surface area contributed by atoms with Gasteiger partial charge in [-0.3, -0.25) is 0 Å². The number of hydrogen-bond donors (Lipinski definition) is 5. The minimum absolute atomic E-state index is 3.02. The molecule has 0 saturated heterocycles. The summed E-state index contributed by atoms with van der Waals surface area (Å²) in [5.74, 6) is 0. The Bertz CT molecular complexity index is 260. The Kier molecular flexibility index (Phi) is 7.65. The van der Waals surface area contributed by atoms with Crippen molar-refractivity contribution in [2.24, 2.45) is 0 Å². The van der Waals surface area contributed by atoms with E-state index in [0.717, 1.165) is 0 Å². The van der Waals surface area contributed by atoms with Gasteiger partial charge in [0.15, 0.2) is 0 Å². The second-order valence-electron chi connectivity index (χ2n) is 1.28. The van der Waals surface area contributed by atoms with Crippen LogP contribution < -0.4 is 0 Å². The van der Waals surface area contributed by atoms with Gasteiger partial charge >= 0.3 is 80.3 Å². The van der Waals surface area contributed by atoms with E-state index in [0.29, 0.717) is 0 Å². The monoisotopic (exact) mass is 455 g/mol. The molecule has 0 amide bonds. The van der Waals surface area contributed by atoms with Crippen molar-refractivity contribution in [2.75, 3.05) is 0 Å². The van der Waals surface area contributed by atoms with E-state index in [1.807, 2.05) is 0 Å². The molecule has 0 radical (unpaired) electrons. The van der Waals surface area contributed by atoms with E-state index in [-0.39, 0.29) is 0 Å². The van der Waals surface area contributed by atoms with Crippen LogP contribution in [0.1, 0.15) is 0 Å². The predicted molar refractivity (Wildman–Crippen MR) is 27.6 cm³/mol. The van der Waals surface area contributed by atoms with Crippen LogP contribution in [-0.4, -0.2) is 36.3 Å². The number of rotatable bonds is 2. The van der Waals surface area contributed by atoms with Crippen LogP contribution in [-0.2, 0) is 36.2 Å². The van der Waals surface area contributed by atoms with E-state index in [2.05, 4.69) is 3.51 Å². The van der Waals surface area contributed by atoms with Gasteiger partial charge in [-0.1, -0.05) is 0 Å². The van der Waals surface area contributed by atoms with Crippen LogP contribution in [0.2, 0.25) is 0 Å². The Labute approximate surface area is 80.4 Å². The van der Waals surface area contributed by atoms with E-state index in [9.17, 15) is 8.30 Å². The van der Waals surface area contributed by atoms with Gasteiger partial charge < -0.3 is 0 Å². The summed E-state index contributed by atoms with van der Waals surface area (Å²) in [4.78, 5) is 15.5. The fourth-order valence-corrected chi connectivity index (χ4v) is 2.16. The summed E-state index contributed by atoms with van der Waals surface area (Å²) in [6.45, 7) is 0. The first-order chi connectivity index (χ1) is 5.44. The van der Waals surface area contributed by atoms with Crippen molar-refractivity contribution in [1.29, 1.82) is 0 Å². The molecule has 0 fully saturated rings. The molecule has 0 aromatic heterocycles. The van der Waals surface area contributed by atoms with Crippen LogP contribution >= 0.6 is 7.82 Å². The summed E-state index contributed by atoms with van der Waals surface area (Å²) < 4.78 is 62.6. The zero-order chi connectivity index (χ0) is 11.3. The molecule has 0 rings (SSSR count). The molecule has 0 aromatic carbocycles. The number of hydrogen-bond acceptors (Lipinski definition) is 5. The van der Waals surface area contributed by atoms with Crippen molar-refractivity contribution in [3.63, 3.8) is 0 Å². The zero-order valence-electron chi connectivity index (χ0n) is 5.58. The zero-order valence-corrected chi connectivity index (χ0v) is 11.3. The van der Waals surface area contributed by atoms with Crippen molar-refractivity contribution >= 4 is 22.3 Å². The Morgan fingerprint density at radius 2 is 1.46 bits per heavy atom. The Morgan fingerprint density at radius 3 is 1.46 bits per heavy atom. The maximum atomic E-state index is 9.69. The van der Waals surface area contributed by atoms with Crippen molar-refractivity contribution in [3.8, 4) is 0 Å². The summed E-state index contributed by atoms with van der Waals surface area (Å²) >= 11 is -9.64. The van der Waals surface area contributed by atoms with E-state index < -0.39 is 40.0 Å².